The second-order valence-corrected chi connectivity index (χ2v) is 15.3. The third-order valence-electron chi connectivity index (χ3n) is 8.72. The van der Waals surface area contributed by atoms with Crippen LogP contribution in [0.3, 0.4) is 0 Å². The van der Waals surface area contributed by atoms with Gasteiger partial charge in [-0.25, -0.2) is 4.57 Å². The van der Waals surface area contributed by atoms with E-state index in [4.69, 9.17) is 24.3 Å². The lowest BCUT2D eigenvalue weighted by molar-refractivity contribution is -0.161. The molecule has 0 aliphatic rings. The Hall–Kier alpha value is -2.03. The zero-order chi connectivity index (χ0) is 38.9. The highest BCUT2D eigenvalue weighted by Crippen LogP contribution is 2.43. The molecule has 0 saturated carbocycles. The molecule has 0 rings (SSSR count). The average Bonchev–Trinajstić information content (AvgIpc) is 3.14. The van der Waals surface area contributed by atoms with E-state index >= 15 is 0 Å². The Morgan fingerprint density at radius 3 is 1.51 bits per heavy atom. The molecule has 53 heavy (non-hydrogen) atoms. The molecule has 0 heterocycles. The van der Waals surface area contributed by atoms with E-state index in [2.05, 4.69) is 56.4 Å². The number of allylic oxidation sites excluding steroid dienone is 8. The van der Waals surface area contributed by atoms with Crippen LogP contribution in [-0.2, 0) is 32.7 Å². The Kier molecular flexibility index (Phi) is 38.1. The summed E-state index contributed by atoms with van der Waals surface area (Å²) in [6.45, 7) is 3.64. The number of unbranched alkanes of at least 4 members (excludes halogenated alkanes) is 18. The van der Waals surface area contributed by atoms with Crippen LogP contribution in [0.4, 0.5) is 0 Å². The van der Waals surface area contributed by atoms with Crippen LogP contribution in [0.25, 0.3) is 0 Å². The Labute approximate surface area is 324 Å². The summed E-state index contributed by atoms with van der Waals surface area (Å²) in [7, 11) is -4.39. The van der Waals surface area contributed by atoms with E-state index in [1.807, 2.05) is 6.08 Å². The van der Waals surface area contributed by atoms with E-state index in [-0.39, 0.29) is 32.6 Å². The number of esters is 2. The van der Waals surface area contributed by atoms with Crippen molar-refractivity contribution < 1.29 is 37.6 Å². The summed E-state index contributed by atoms with van der Waals surface area (Å²) in [6, 6.07) is 0. The first-order valence-electron chi connectivity index (χ1n) is 21.1. The van der Waals surface area contributed by atoms with Crippen molar-refractivity contribution in [2.75, 3.05) is 26.4 Å². The number of ether oxygens (including phenoxy) is 2. The summed E-state index contributed by atoms with van der Waals surface area (Å²) in [6.07, 6.45) is 44.3. The number of carbonyl (C=O) groups is 2. The summed E-state index contributed by atoms with van der Waals surface area (Å²) in [5.74, 6) is -0.892. The van der Waals surface area contributed by atoms with E-state index in [1.165, 1.54) is 103 Å². The van der Waals surface area contributed by atoms with E-state index in [9.17, 15) is 19.0 Å². The highest BCUT2D eigenvalue weighted by Gasteiger charge is 2.25. The predicted molar refractivity (Wildman–Crippen MR) is 220 cm³/mol. The number of carbonyl (C=O) groups excluding carboxylic acids is 2. The fraction of sp³-hybridized carbons (Fsp3) is 0.767. The van der Waals surface area contributed by atoms with Gasteiger partial charge in [-0.05, 0) is 51.4 Å². The molecule has 0 radical (unpaired) electrons. The maximum absolute atomic E-state index is 12.5. The summed E-state index contributed by atoms with van der Waals surface area (Å²) >= 11 is 0. The molecule has 0 fully saturated rings. The monoisotopic (exact) mass is 768 g/mol. The predicted octanol–water partition coefficient (Wildman–Crippen LogP) is 11.9. The lowest BCUT2D eigenvalue weighted by Crippen LogP contribution is -2.29. The number of nitrogens with two attached hydrogens (primary N) is 1. The van der Waals surface area contributed by atoms with Gasteiger partial charge in [0, 0.05) is 19.4 Å². The molecule has 2 atom stereocenters. The smallest absolute Gasteiger partial charge is 0.462 e. The Balaban J connectivity index is 4.26. The first kappa shape index (κ1) is 51.0. The van der Waals surface area contributed by atoms with Crippen LogP contribution in [0, 0.1) is 0 Å². The van der Waals surface area contributed by atoms with Crippen molar-refractivity contribution >= 4 is 19.8 Å². The van der Waals surface area contributed by atoms with Crippen LogP contribution in [-0.4, -0.2) is 49.3 Å². The molecule has 0 amide bonds. The van der Waals surface area contributed by atoms with Crippen LogP contribution in [0.1, 0.15) is 181 Å². The summed E-state index contributed by atoms with van der Waals surface area (Å²) in [4.78, 5) is 34.8. The van der Waals surface area contributed by atoms with Crippen LogP contribution >= 0.6 is 7.82 Å². The molecule has 3 N–H and O–H groups in total. The van der Waals surface area contributed by atoms with Crippen LogP contribution in [0.2, 0.25) is 0 Å². The molecule has 0 spiro atoms. The van der Waals surface area contributed by atoms with Crippen molar-refractivity contribution in [1.82, 2.24) is 0 Å². The summed E-state index contributed by atoms with van der Waals surface area (Å²) in [5, 5.41) is 0. The van der Waals surface area contributed by atoms with Crippen LogP contribution in [0.5, 0.6) is 0 Å². The molecule has 0 aliphatic carbocycles. The molecule has 2 unspecified atom stereocenters. The first-order valence-corrected chi connectivity index (χ1v) is 22.6. The number of phosphoric ester groups is 1. The van der Waals surface area contributed by atoms with Crippen molar-refractivity contribution in [3.05, 3.63) is 48.6 Å². The molecule has 0 saturated heterocycles. The Morgan fingerprint density at radius 2 is 1.00 bits per heavy atom. The highest BCUT2D eigenvalue weighted by molar-refractivity contribution is 7.47. The second-order valence-electron chi connectivity index (χ2n) is 13.9. The normalized spacial score (nSPS) is 13.8. The third kappa shape index (κ3) is 39.5. The molecular formula is C43H78NO8P. The van der Waals surface area contributed by atoms with Gasteiger partial charge >= 0.3 is 19.8 Å². The largest absolute Gasteiger partial charge is 0.472 e. The minimum atomic E-state index is -4.39. The second kappa shape index (κ2) is 39.7. The lowest BCUT2D eigenvalue weighted by Gasteiger charge is -2.19. The minimum Gasteiger partial charge on any atom is -0.462 e. The van der Waals surface area contributed by atoms with Gasteiger partial charge < -0.3 is 20.1 Å². The van der Waals surface area contributed by atoms with Crippen LogP contribution < -0.4 is 5.73 Å². The summed E-state index contributed by atoms with van der Waals surface area (Å²) < 4.78 is 32.7. The van der Waals surface area contributed by atoms with E-state index in [0.29, 0.717) is 12.8 Å². The summed E-state index contributed by atoms with van der Waals surface area (Å²) in [5.41, 5.74) is 5.34. The molecule has 0 aliphatic heterocycles. The van der Waals surface area contributed by atoms with Gasteiger partial charge in [-0.3, -0.25) is 18.6 Å². The van der Waals surface area contributed by atoms with Crippen molar-refractivity contribution in [3.63, 3.8) is 0 Å². The van der Waals surface area contributed by atoms with Gasteiger partial charge in [0.05, 0.1) is 13.2 Å². The first-order chi connectivity index (χ1) is 25.8. The third-order valence-corrected chi connectivity index (χ3v) is 9.70. The van der Waals surface area contributed by atoms with Crippen molar-refractivity contribution in [3.8, 4) is 0 Å². The molecule has 308 valence electrons. The van der Waals surface area contributed by atoms with Gasteiger partial charge in [0.1, 0.15) is 6.61 Å². The Bertz CT molecular complexity index is 1010. The highest BCUT2D eigenvalue weighted by atomic mass is 31.2. The molecule has 0 aromatic heterocycles. The fourth-order valence-electron chi connectivity index (χ4n) is 5.57. The molecule has 10 heteroatoms. The van der Waals surface area contributed by atoms with Gasteiger partial charge in [-0.15, -0.1) is 0 Å². The van der Waals surface area contributed by atoms with E-state index in [1.54, 1.807) is 0 Å². The van der Waals surface area contributed by atoms with Gasteiger partial charge in [-0.1, -0.05) is 165 Å². The van der Waals surface area contributed by atoms with Gasteiger partial charge in [-0.2, -0.15) is 0 Å². The van der Waals surface area contributed by atoms with Gasteiger partial charge in [0.25, 0.3) is 0 Å². The van der Waals surface area contributed by atoms with Crippen molar-refractivity contribution in [1.29, 1.82) is 0 Å². The number of phosphoric acid groups is 1. The molecule has 9 nitrogen and oxygen atoms in total. The minimum absolute atomic E-state index is 0.0443. The number of hydrogen-bond acceptors (Lipinski definition) is 8. The average molecular weight is 768 g/mol. The Morgan fingerprint density at radius 1 is 0.566 bits per heavy atom. The van der Waals surface area contributed by atoms with E-state index < -0.39 is 32.5 Å². The fourth-order valence-corrected chi connectivity index (χ4v) is 6.33. The van der Waals surface area contributed by atoms with Crippen molar-refractivity contribution in [2.45, 2.75) is 187 Å². The molecule has 0 bridgehead atoms. The maximum atomic E-state index is 12.5. The molecule has 0 aromatic rings. The van der Waals surface area contributed by atoms with E-state index in [0.717, 1.165) is 38.5 Å². The topological polar surface area (TPSA) is 134 Å². The maximum Gasteiger partial charge on any atom is 0.472 e. The zero-order valence-electron chi connectivity index (χ0n) is 33.7. The molecule has 0 aromatic carbocycles. The number of hydrogen-bond donors (Lipinski definition) is 2. The SMILES string of the molecule is CCCCCC=CCC=CCC=CCC=CCCCC(=O)OC(COC(=O)CCCCCCCCCCCCCCCCC)COP(=O)(O)OCCN. The van der Waals surface area contributed by atoms with Crippen LogP contribution in [0.15, 0.2) is 48.6 Å². The quantitative estimate of drug-likeness (QED) is 0.0271. The zero-order valence-corrected chi connectivity index (χ0v) is 34.6. The van der Waals surface area contributed by atoms with Crippen molar-refractivity contribution in [2.24, 2.45) is 5.73 Å². The van der Waals surface area contributed by atoms with Gasteiger partial charge in [0.2, 0.25) is 0 Å². The molecular weight excluding hydrogens is 689 g/mol. The number of rotatable bonds is 39. The standard InChI is InChI=1S/C43H78NO8P/c1-3-5-7-9-11-13-15-17-19-20-22-24-26-28-30-32-34-36-43(46)52-41(40-51-53(47,48)50-38-37-44)39-49-42(45)35-33-31-29-27-25-23-21-18-16-14-12-10-8-6-4-2/h11,13,17,19,22,24,28,30,41H,3-10,12,14-16,18,20-21,23,25-27,29,31-40,44H2,1-2H3,(H,47,48). The van der Waals surface area contributed by atoms with Gasteiger partial charge in [0.15, 0.2) is 6.10 Å². The lowest BCUT2D eigenvalue weighted by atomic mass is 10.0.